The molecule has 0 aromatic carbocycles. The standard InChI is InChI=1S/C13H21N5O3/c1-2-3-14-10-6-18-5-4-15-12(18)11(16-10)17-13(7-19,8-20)9-21/h4-6,14,19-21H,2-3,7-9H2,1H3,(H,16,17). The first-order valence-corrected chi connectivity index (χ1v) is 6.86. The van der Waals surface area contributed by atoms with Gasteiger partial charge in [0.2, 0.25) is 0 Å². The van der Waals surface area contributed by atoms with E-state index < -0.39 is 25.4 Å². The van der Waals surface area contributed by atoms with Gasteiger partial charge in [0.05, 0.1) is 26.0 Å². The predicted octanol–water partition coefficient (Wildman–Crippen LogP) is -0.321. The highest BCUT2D eigenvalue weighted by molar-refractivity contribution is 5.66. The van der Waals surface area contributed by atoms with E-state index in [0.29, 0.717) is 17.3 Å². The van der Waals surface area contributed by atoms with E-state index in [-0.39, 0.29) is 0 Å². The highest BCUT2D eigenvalue weighted by atomic mass is 16.3. The average molecular weight is 295 g/mol. The molecule has 0 atom stereocenters. The maximum Gasteiger partial charge on any atom is 0.180 e. The van der Waals surface area contributed by atoms with Crippen molar-refractivity contribution < 1.29 is 15.3 Å². The second kappa shape index (κ2) is 6.70. The summed E-state index contributed by atoms with van der Waals surface area (Å²) in [5.74, 6) is 1.03. The van der Waals surface area contributed by atoms with Crippen molar-refractivity contribution in [2.75, 3.05) is 37.0 Å². The third-order valence-electron chi connectivity index (χ3n) is 3.22. The number of rotatable bonds is 8. The molecule has 116 valence electrons. The van der Waals surface area contributed by atoms with Crippen LogP contribution < -0.4 is 10.6 Å². The molecule has 0 radical (unpaired) electrons. The Labute approximate surface area is 122 Å². The first-order chi connectivity index (χ1) is 10.2. The van der Waals surface area contributed by atoms with Gasteiger partial charge in [0, 0.05) is 18.9 Å². The van der Waals surface area contributed by atoms with E-state index in [1.54, 1.807) is 16.8 Å². The van der Waals surface area contributed by atoms with Gasteiger partial charge in [-0.3, -0.25) is 0 Å². The van der Waals surface area contributed by atoms with Crippen molar-refractivity contribution in [3.63, 3.8) is 0 Å². The van der Waals surface area contributed by atoms with Crippen LogP contribution in [0.25, 0.3) is 5.65 Å². The molecule has 0 aliphatic rings. The fourth-order valence-electron chi connectivity index (χ4n) is 1.87. The second-order valence-corrected chi connectivity index (χ2v) is 4.94. The molecule has 0 saturated carbocycles. The minimum atomic E-state index is -1.25. The van der Waals surface area contributed by atoms with Crippen LogP contribution in [0.15, 0.2) is 18.6 Å². The Bertz CT molecular complexity index is 574. The number of hydrogen-bond donors (Lipinski definition) is 5. The number of aliphatic hydroxyl groups is 3. The largest absolute Gasteiger partial charge is 0.394 e. The molecule has 0 unspecified atom stereocenters. The summed E-state index contributed by atoms with van der Waals surface area (Å²) in [6.07, 6.45) is 6.17. The van der Waals surface area contributed by atoms with Crippen LogP contribution in [0.5, 0.6) is 0 Å². The number of imidazole rings is 1. The fraction of sp³-hybridized carbons (Fsp3) is 0.538. The Hall–Kier alpha value is -1.90. The van der Waals surface area contributed by atoms with Crippen LogP contribution in [0.2, 0.25) is 0 Å². The number of fused-ring (bicyclic) bond motifs is 1. The maximum absolute atomic E-state index is 9.42. The molecule has 0 amide bonds. The average Bonchev–Trinajstić information content (AvgIpc) is 2.99. The maximum atomic E-state index is 9.42. The zero-order chi connectivity index (χ0) is 15.3. The summed E-state index contributed by atoms with van der Waals surface area (Å²) in [5.41, 5.74) is -0.695. The van der Waals surface area contributed by atoms with E-state index in [1.807, 2.05) is 6.20 Å². The van der Waals surface area contributed by atoms with Crippen molar-refractivity contribution in [1.29, 1.82) is 0 Å². The summed E-state index contributed by atoms with van der Waals surface area (Å²) < 4.78 is 1.78. The molecule has 2 aromatic rings. The van der Waals surface area contributed by atoms with Crippen LogP contribution >= 0.6 is 0 Å². The molecule has 2 heterocycles. The molecular weight excluding hydrogens is 274 g/mol. The fourth-order valence-corrected chi connectivity index (χ4v) is 1.87. The molecule has 0 saturated heterocycles. The van der Waals surface area contributed by atoms with E-state index in [4.69, 9.17) is 0 Å². The van der Waals surface area contributed by atoms with Gasteiger partial charge in [-0.15, -0.1) is 0 Å². The van der Waals surface area contributed by atoms with Crippen molar-refractivity contribution in [3.05, 3.63) is 18.6 Å². The van der Waals surface area contributed by atoms with Crippen LogP contribution in [-0.4, -0.2) is 61.6 Å². The first-order valence-electron chi connectivity index (χ1n) is 6.86. The van der Waals surface area contributed by atoms with Gasteiger partial charge < -0.3 is 30.4 Å². The minimum absolute atomic E-state index is 0.387. The van der Waals surface area contributed by atoms with Gasteiger partial charge >= 0.3 is 0 Å². The lowest BCUT2D eigenvalue weighted by Gasteiger charge is -2.29. The monoisotopic (exact) mass is 295 g/mol. The predicted molar refractivity (Wildman–Crippen MR) is 79.4 cm³/mol. The quantitative estimate of drug-likeness (QED) is 0.453. The topological polar surface area (TPSA) is 115 Å². The zero-order valence-electron chi connectivity index (χ0n) is 12.0. The Balaban J connectivity index is 2.38. The summed E-state index contributed by atoms with van der Waals surface area (Å²) in [6, 6.07) is 0. The molecule has 0 bridgehead atoms. The lowest BCUT2D eigenvalue weighted by atomic mass is 10.0. The molecule has 0 fully saturated rings. The summed E-state index contributed by atoms with van der Waals surface area (Å²) in [7, 11) is 0. The van der Waals surface area contributed by atoms with E-state index in [2.05, 4.69) is 27.5 Å². The van der Waals surface area contributed by atoms with Gasteiger partial charge in [0.25, 0.3) is 0 Å². The van der Waals surface area contributed by atoms with Crippen molar-refractivity contribution in [3.8, 4) is 0 Å². The third-order valence-corrected chi connectivity index (χ3v) is 3.22. The summed E-state index contributed by atoms with van der Waals surface area (Å²) in [5, 5.41) is 34.3. The summed E-state index contributed by atoms with van der Waals surface area (Å²) in [6.45, 7) is 1.54. The molecule has 0 spiro atoms. The molecule has 21 heavy (non-hydrogen) atoms. The third kappa shape index (κ3) is 3.23. The van der Waals surface area contributed by atoms with E-state index >= 15 is 0 Å². The van der Waals surface area contributed by atoms with Crippen molar-refractivity contribution >= 4 is 17.3 Å². The highest BCUT2D eigenvalue weighted by Gasteiger charge is 2.29. The summed E-state index contributed by atoms with van der Waals surface area (Å²) in [4.78, 5) is 8.59. The smallest absolute Gasteiger partial charge is 0.180 e. The number of anilines is 2. The Morgan fingerprint density at radius 2 is 1.95 bits per heavy atom. The number of hydrogen-bond acceptors (Lipinski definition) is 7. The molecule has 0 aliphatic heterocycles. The minimum Gasteiger partial charge on any atom is -0.394 e. The lowest BCUT2D eigenvalue weighted by Crippen LogP contribution is -2.49. The Morgan fingerprint density at radius 3 is 2.57 bits per heavy atom. The van der Waals surface area contributed by atoms with Gasteiger partial charge in [-0.2, -0.15) is 0 Å². The van der Waals surface area contributed by atoms with Gasteiger partial charge in [0.15, 0.2) is 11.5 Å². The highest BCUT2D eigenvalue weighted by Crippen LogP contribution is 2.20. The molecule has 8 nitrogen and oxygen atoms in total. The van der Waals surface area contributed by atoms with Gasteiger partial charge in [-0.05, 0) is 6.42 Å². The van der Waals surface area contributed by atoms with E-state index in [9.17, 15) is 15.3 Å². The van der Waals surface area contributed by atoms with Crippen LogP contribution in [0, 0.1) is 0 Å². The Morgan fingerprint density at radius 1 is 1.24 bits per heavy atom. The molecule has 2 aromatic heterocycles. The van der Waals surface area contributed by atoms with Gasteiger partial charge in [0.1, 0.15) is 11.4 Å². The number of nitrogens with zero attached hydrogens (tertiary/aromatic N) is 3. The SMILES string of the molecule is CCCNc1cn2ccnc2c(NC(CO)(CO)CO)n1. The first kappa shape index (κ1) is 15.5. The zero-order valence-corrected chi connectivity index (χ0v) is 12.0. The van der Waals surface area contributed by atoms with E-state index in [1.165, 1.54) is 0 Å². The van der Waals surface area contributed by atoms with Crippen LogP contribution in [0.4, 0.5) is 11.6 Å². The van der Waals surface area contributed by atoms with Crippen molar-refractivity contribution in [2.45, 2.75) is 18.9 Å². The van der Waals surface area contributed by atoms with Crippen molar-refractivity contribution in [1.82, 2.24) is 14.4 Å². The van der Waals surface area contributed by atoms with Gasteiger partial charge in [-0.1, -0.05) is 6.92 Å². The normalized spacial score (nSPS) is 11.8. The van der Waals surface area contributed by atoms with E-state index in [0.717, 1.165) is 13.0 Å². The lowest BCUT2D eigenvalue weighted by molar-refractivity contribution is 0.0832. The summed E-state index contributed by atoms with van der Waals surface area (Å²) >= 11 is 0. The second-order valence-electron chi connectivity index (χ2n) is 4.94. The molecule has 5 N–H and O–H groups in total. The molecular formula is C13H21N5O3. The molecule has 8 heteroatoms. The Kier molecular flexibility index (Phi) is 4.94. The van der Waals surface area contributed by atoms with Crippen LogP contribution in [0.3, 0.4) is 0 Å². The molecule has 0 aliphatic carbocycles. The number of aliphatic hydroxyl groups excluding tert-OH is 3. The van der Waals surface area contributed by atoms with Crippen LogP contribution in [-0.2, 0) is 0 Å². The van der Waals surface area contributed by atoms with Gasteiger partial charge in [-0.25, -0.2) is 9.97 Å². The number of nitrogens with one attached hydrogen (secondary N) is 2. The molecule has 2 rings (SSSR count). The number of aromatic nitrogens is 3. The van der Waals surface area contributed by atoms with Crippen LogP contribution in [0.1, 0.15) is 13.3 Å². The van der Waals surface area contributed by atoms with Crippen molar-refractivity contribution in [2.24, 2.45) is 0 Å².